The third-order valence-corrected chi connectivity index (χ3v) is 2.90. The molecular weight excluding hydrogens is 222 g/mol. The van der Waals surface area contributed by atoms with E-state index < -0.39 is 5.97 Å². The summed E-state index contributed by atoms with van der Waals surface area (Å²) in [5.41, 5.74) is 0.557. The number of hydrogen-bond donors (Lipinski definition) is 0. The minimum absolute atomic E-state index is 0.142. The number of carbonyl (C=O) groups excluding carboxylic acids is 1. The Morgan fingerprint density at radius 1 is 1.59 bits per heavy atom. The van der Waals surface area contributed by atoms with Crippen LogP contribution in [0.2, 0.25) is 0 Å². The molecule has 0 bridgehead atoms. The summed E-state index contributed by atoms with van der Waals surface area (Å²) >= 11 is 0. The van der Waals surface area contributed by atoms with Crippen molar-refractivity contribution >= 4 is 5.97 Å². The fourth-order valence-electron chi connectivity index (χ4n) is 1.94. The van der Waals surface area contributed by atoms with Gasteiger partial charge in [0, 0.05) is 6.61 Å². The van der Waals surface area contributed by atoms with Crippen LogP contribution in [0.15, 0.2) is 4.42 Å². The molecule has 0 aromatic carbocycles. The largest absolute Gasteiger partial charge is 0.460 e. The van der Waals surface area contributed by atoms with Crippen LogP contribution in [0.3, 0.4) is 0 Å². The molecule has 1 aliphatic heterocycles. The van der Waals surface area contributed by atoms with Crippen LogP contribution in [-0.2, 0) is 9.47 Å². The van der Waals surface area contributed by atoms with E-state index in [9.17, 15) is 4.79 Å². The van der Waals surface area contributed by atoms with Crippen molar-refractivity contribution in [1.29, 1.82) is 0 Å². The fraction of sp³-hybridized carbons (Fsp3) is 0.667. The molecule has 2 atom stereocenters. The van der Waals surface area contributed by atoms with E-state index in [0.717, 1.165) is 6.42 Å². The molecule has 2 heterocycles. The molecule has 0 saturated carbocycles. The summed E-state index contributed by atoms with van der Waals surface area (Å²) in [6.45, 7) is 6.61. The highest BCUT2D eigenvalue weighted by atomic mass is 16.5. The van der Waals surface area contributed by atoms with E-state index >= 15 is 0 Å². The van der Waals surface area contributed by atoms with Crippen LogP contribution in [0, 0.1) is 12.8 Å². The molecule has 1 saturated heterocycles. The van der Waals surface area contributed by atoms with Crippen LogP contribution >= 0.6 is 0 Å². The van der Waals surface area contributed by atoms with E-state index in [1.807, 2.05) is 0 Å². The zero-order valence-electron chi connectivity index (χ0n) is 10.4. The Morgan fingerprint density at radius 3 is 2.94 bits per heavy atom. The van der Waals surface area contributed by atoms with Gasteiger partial charge in [-0.2, -0.15) is 0 Å². The second kappa shape index (κ2) is 4.87. The van der Waals surface area contributed by atoms with Crippen molar-refractivity contribution in [2.45, 2.75) is 33.3 Å². The van der Waals surface area contributed by atoms with Gasteiger partial charge in [-0.3, -0.25) is 0 Å². The van der Waals surface area contributed by atoms with Crippen LogP contribution in [0.1, 0.15) is 48.5 Å². The van der Waals surface area contributed by atoms with E-state index in [0.29, 0.717) is 30.7 Å². The van der Waals surface area contributed by atoms with E-state index in [2.05, 4.69) is 11.9 Å². The number of aryl methyl sites for hydroxylation is 1. The van der Waals surface area contributed by atoms with Gasteiger partial charge in [-0.1, -0.05) is 6.92 Å². The van der Waals surface area contributed by atoms with E-state index in [4.69, 9.17) is 13.9 Å². The lowest BCUT2D eigenvalue weighted by Gasteiger charge is -2.09. The molecule has 1 aliphatic rings. The topological polar surface area (TPSA) is 61.6 Å². The second-order valence-corrected chi connectivity index (χ2v) is 4.24. The summed E-state index contributed by atoms with van der Waals surface area (Å²) in [6.07, 6.45) is 0.845. The second-order valence-electron chi connectivity index (χ2n) is 4.24. The maximum atomic E-state index is 11.6. The molecule has 5 nitrogen and oxygen atoms in total. The standard InChI is InChI=1S/C12H17NO4/c1-4-15-12(14)10-8(3)13-11(17-10)9-7(2)5-6-16-9/h7,9H,4-6H2,1-3H3. The summed E-state index contributed by atoms with van der Waals surface area (Å²) in [6, 6.07) is 0. The maximum absolute atomic E-state index is 11.6. The summed E-state index contributed by atoms with van der Waals surface area (Å²) in [4.78, 5) is 15.8. The molecular formula is C12H17NO4. The number of nitrogens with zero attached hydrogens (tertiary/aromatic N) is 1. The van der Waals surface area contributed by atoms with E-state index in [1.165, 1.54) is 0 Å². The summed E-state index contributed by atoms with van der Waals surface area (Å²) in [5.74, 6) is 0.567. The SMILES string of the molecule is CCOC(=O)c1oc(C2OCCC2C)nc1C. The van der Waals surface area contributed by atoms with Crippen LogP contribution < -0.4 is 0 Å². The lowest BCUT2D eigenvalue weighted by atomic mass is 10.0. The number of aromatic nitrogens is 1. The highest BCUT2D eigenvalue weighted by Gasteiger charge is 2.32. The highest BCUT2D eigenvalue weighted by Crippen LogP contribution is 2.34. The molecule has 5 heteroatoms. The van der Waals surface area contributed by atoms with Crippen LogP contribution in [-0.4, -0.2) is 24.2 Å². The quantitative estimate of drug-likeness (QED) is 0.757. The van der Waals surface area contributed by atoms with Crippen molar-refractivity contribution in [3.05, 3.63) is 17.3 Å². The van der Waals surface area contributed by atoms with Gasteiger partial charge in [-0.15, -0.1) is 0 Å². The molecule has 94 valence electrons. The van der Waals surface area contributed by atoms with Gasteiger partial charge in [-0.05, 0) is 26.2 Å². The summed E-state index contributed by atoms with van der Waals surface area (Å²) in [7, 11) is 0. The van der Waals surface area contributed by atoms with E-state index in [1.54, 1.807) is 13.8 Å². The first-order valence-electron chi connectivity index (χ1n) is 5.89. The lowest BCUT2D eigenvalue weighted by Crippen LogP contribution is -2.05. The molecule has 0 radical (unpaired) electrons. The van der Waals surface area contributed by atoms with Crippen molar-refractivity contribution < 1.29 is 18.7 Å². The van der Waals surface area contributed by atoms with Gasteiger partial charge >= 0.3 is 5.97 Å². The van der Waals surface area contributed by atoms with Crippen molar-refractivity contribution in [2.24, 2.45) is 5.92 Å². The first-order valence-corrected chi connectivity index (χ1v) is 5.89. The minimum atomic E-state index is -0.464. The van der Waals surface area contributed by atoms with Gasteiger partial charge < -0.3 is 13.9 Å². The fourth-order valence-corrected chi connectivity index (χ4v) is 1.94. The average molecular weight is 239 g/mol. The number of oxazole rings is 1. The first-order chi connectivity index (χ1) is 8.13. The molecule has 0 spiro atoms. The predicted molar refractivity (Wildman–Crippen MR) is 59.7 cm³/mol. The maximum Gasteiger partial charge on any atom is 0.376 e. The molecule has 1 aromatic heterocycles. The Bertz CT molecular complexity index is 413. The van der Waals surface area contributed by atoms with Crippen LogP contribution in [0.5, 0.6) is 0 Å². The Labute approximate surface area is 100 Å². The zero-order chi connectivity index (χ0) is 12.4. The van der Waals surface area contributed by atoms with Crippen LogP contribution in [0.4, 0.5) is 0 Å². The smallest absolute Gasteiger partial charge is 0.376 e. The molecule has 2 rings (SSSR count). The first kappa shape index (κ1) is 12.1. The number of ether oxygens (including phenoxy) is 2. The molecule has 0 amide bonds. The highest BCUT2D eigenvalue weighted by molar-refractivity contribution is 5.87. The minimum Gasteiger partial charge on any atom is -0.460 e. The van der Waals surface area contributed by atoms with Gasteiger partial charge in [0.25, 0.3) is 0 Å². The molecule has 17 heavy (non-hydrogen) atoms. The Hall–Kier alpha value is -1.36. The van der Waals surface area contributed by atoms with Gasteiger partial charge in [-0.25, -0.2) is 9.78 Å². The monoisotopic (exact) mass is 239 g/mol. The molecule has 2 unspecified atom stereocenters. The zero-order valence-corrected chi connectivity index (χ0v) is 10.4. The van der Waals surface area contributed by atoms with Gasteiger partial charge in [0.15, 0.2) is 0 Å². The van der Waals surface area contributed by atoms with Crippen molar-refractivity contribution in [3.63, 3.8) is 0 Å². The number of hydrogen-bond acceptors (Lipinski definition) is 5. The number of rotatable bonds is 3. The van der Waals surface area contributed by atoms with Crippen LogP contribution in [0.25, 0.3) is 0 Å². The molecule has 1 fully saturated rings. The van der Waals surface area contributed by atoms with E-state index in [-0.39, 0.29) is 11.9 Å². The van der Waals surface area contributed by atoms with Gasteiger partial charge in [0.1, 0.15) is 6.10 Å². The Balaban J connectivity index is 2.21. The van der Waals surface area contributed by atoms with Crippen molar-refractivity contribution in [2.75, 3.05) is 13.2 Å². The van der Waals surface area contributed by atoms with Gasteiger partial charge in [0.05, 0.1) is 12.3 Å². The third-order valence-electron chi connectivity index (χ3n) is 2.90. The normalized spacial score (nSPS) is 23.9. The van der Waals surface area contributed by atoms with Gasteiger partial charge in [0.2, 0.25) is 11.7 Å². The molecule has 0 N–H and O–H groups in total. The molecule has 1 aromatic rings. The summed E-state index contributed by atoms with van der Waals surface area (Å²) < 4.78 is 15.9. The Kier molecular flexibility index (Phi) is 3.47. The molecule has 0 aliphatic carbocycles. The average Bonchev–Trinajstić information content (AvgIpc) is 2.84. The van der Waals surface area contributed by atoms with Crippen molar-refractivity contribution in [3.8, 4) is 0 Å². The van der Waals surface area contributed by atoms with Crippen molar-refractivity contribution in [1.82, 2.24) is 4.98 Å². The lowest BCUT2D eigenvalue weighted by molar-refractivity contribution is 0.0456. The Morgan fingerprint density at radius 2 is 2.35 bits per heavy atom. The summed E-state index contributed by atoms with van der Waals surface area (Å²) in [5, 5.41) is 0. The number of esters is 1. The number of carbonyl (C=O) groups is 1. The third kappa shape index (κ3) is 2.34. The predicted octanol–water partition coefficient (Wildman–Crippen LogP) is 2.26.